The smallest absolute Gasteiger partial charge is 0.742 e. The average molecular weight is 1750 g/mol. The van der Waals surface area contributed by atoms with Gasteiger partial charge in [-0.05, 0) is 85.3 Å². The number of para-hydroxylation sites is 2. The predicted molar refractivity (Wildman–Crippen MR) is 380 cm³/mol. The molecule has 0 unspecified atom stereocenters. The number of benzene rings is 4. The third-order valence-electron chi connectivity index (χ3n) is 10.2. The van der Waals surface area contributed by atoms with Gasteiger partial charge in [0.1, 0.15) is 76.4 Å². The van der Waals surface area contributed by atoms with Crippen LogP contribution >= 0.6 is 86.5 Å². The number of terminal acetylenes is 2. The maximum absolute atomic E-state index is 12.8. The number of ether oxygens (including phenoxy) is 2. The first-order chi connectivity index (χ1) is 49.5. The number of nitrogens with one attached hydrogen (secondary N) is 1. The number of hydrogen-bond acceptors (Lipinski definition) is 24. The zero-order valence-electron chi connectivity index (χ0n) is 54.4. The van der Waals surface area contributed by atoms with Crippen LogP contribution in [0.15, 0.2) is 161 Å². The van der Waals surface area contributed by atoms with Crippen LogP contribution in [0.4, 0.5) is 94.8 Å². The second kappa shape index (κ2) is 47.3. The van der Waals surface area contributed by atoms with Crippen LogP contribution < -0.4 is 89.9 Å². The molecular weight excluding hydrogens is 1700 g/mol. The van der Waals surface area contributed by atoms with Gasteiger partial charge in [-0.1, -0.05) is 145 Å². The Morgan fingerprint density at radius 1 is 0.602 bits per heavy atom. The Labute approximate surface area is 686 Å². The molecule has 6 aromatic heterocycles. The van der Waals surface area contributed by atoms with E-state index in [1.54, 1.807) is 47.3 Å². The Balaban J connectivity index is 0.000000659. The van der Waals surface area contributed by atoms with Crippen molar-refractivity contribution < 1.29 is 132 Å². The predicted octanol–water partition coefficient (Wildman–Crippen LogP) is 15.5. The molecule has 0 atom stereocenters. The molecule has 0 bridgehead atoms. The van der Waals surface area contributed by atoms with E-state index >= 15 is 0 Å². The molecule has 0 fully saturated rings. The van der Waals surface area contributed by atoms with Gasteiger partial charge in [-0.15, -0.1) is 17.9 Å². The third-order valence-corrected chi connectivity index (χ3v) is 13.1. The summed E-state index contributed by atoms with van der Waals surface area (Å²) in [5.74, 6) is 0.739. The largest absolute Gasteiger partial charge is 1.00 e. The Bertz CT molecular complexity index is 4550. The second-order valence-electron chi connectivity index (χ2n) is 18.5. The normalized spacial score (nSPS) is 10.5. The standard InChI is InChI=1S/C20H15F3N6OS.C12H9N3O.C8H6F3N3S.C5HCl2F3N2.C5H3ClF3N3.C5H4F3N3S.C3H3Br.C2H4OS.K.H3N/c21-20(22,23)19-25-17(24)10-18(26-19)31-12-13-11-29(28-27-13)14-6-8-16(9-7-14)30-15-4-2-1-3-5-15;13-15-14-10-6-8-12(9-7-10)16-11-4-2-1-3-5-11;1-2-3-15-6-4-5(12)13-7(14-6)8(9,10)11;6-2-1-3(7)12-4(11-2)5(8,9)10;6-2-1-3(10)12-4(11-2)5(7,8)9;6-5(7,8)4-10-2(9)1-3(12)11-4;1-2-3-4;1-2(3)4;;/h1-11H,12H2,(H2,24,25,26);1-9H;1,4H,3H2,(H2,12,13,14);1H;1H,(H2,10,11,12);1H,(H3,9,10,11,12);1H,3H2;1H3,(H,3,4);;1H3/q;;;;;;;;+1;/p-1. The van der Waals surface area contributed by atoms with Gasteiger partial charge in [0.15, 0.2) is 0 Å². The zero-order chi connectivity index (χ0) is 79.6. The molecular formula is C60H47BrCl3F15KN21O3S4. The van der Waals surface area contributed by atoms with E-state index in [1.807, 2.05) is 77.8 Å². The maximum Gasteiger partial charge on any atom is 1.00 e. The van der Waals surface area contributed by atoms with Crippen LogP contribution in [0.3, 0.4) is 0 Å². The molecule has 568 valence electrons. The van der Waals surface area contributed by atoms with Crippen molar-refractivity contribution in [1.82, 2.24) is 71.0 Å². The number of rotatable bonds is 11. The van der Waals surface area contributed by atoms with Crippen LogP contribution in [-0.2, 0) is 54.1 Å². The summed E-state index contributed by atoms with van der Waals surface area (Å²) >= 11 is 29.2. The number of nitrogen functional groups attached to an aromatic ring is 4. The zero-order valence-corrected chi connectivity index (χ0v) is 64.6. The molecule has 6 heterocycles. The number of carbonyl (C=O) groups excluding carboxylic acids is 1. The summed E-state index contributed by atoms with van der Waals surface area (Å²) in [6.07, 6.45) is -11.6. The number of H-pyrrole nitrogens is 1. The number of anilines is 4. The first kappa shape index (κ1) is 97.4. The van der Waals surface area contributed by atoms with Gasteiger partial charge in [-0.3, -0.25) is 0 Å². The number of hydrogen-bond donors (Lipinski definition) is 6. The molecule has 0 radical (unpaired) electrons. The summed E-state index contributed by atoms with van der Waals surface area (Å²) in [4.78, 5) is 41.8. The van der Waals surface area contributed by atoms with Crippen LogP contribution in [0.1, 0.15) is 41.7 Å². The van der Waals surface area contributed by atoms with Crippen LogP contribution in [-0.4, -0.2) is 81.0 Å². The monoisotopic (exact) mass is 1750 g/mol. The summed E-state index contributed by atoms with van der Waals surface area (Å²) in [7, 11) is 0. The summed E-state index contributed by atoms with van der Waals surface area (Å²) < 4.78 is 195. The minimum atomic E-state index is -4.66. The number of nitrogens with two attached hydrogens (primary N) is 4. The first-order valence-corrected chi connectivity index (χ1v) is 32.6. The summed E-state index contributed by atoms with van der Waals surface area (Å²) in [5.41, 5.74) is 30.9. The van der Waals surface area contributed by atoms with Gasteiger partial charge in [0, 0.05) is 51.8 Å². The van der Waals surface area contributed by atoms with Gasteiger partial charge in [-0.2, -0.15) is 65.9 Å². The fourth-order valence-electron chi connectivity index (χ4n) is 6.28. The second-order valence-corrected chi connectivity index (χ2v) is 23.2. The van der Waals surface area contributed by atoms with Crippen LogP contribution in [0.5, 0.6) is 23.0 Å². The van der Waals surface area contributed by atoms with Crippen molar-refractivity contribution in [2.24, 2.45) is 5.11 Å². The number of aromatic nitrogens is 13. The molecule has 0 aliphatic heterocycles. The molecule has 108 heavy (non-hydrogen) atoms. The molecule has 0 amide bonds. The molecule has 10 aromatic rings. The summed E-state index contributed by atoms with van der Waals surface area (Å²) in [6.45, 7) is 1.34. The number of carbonyl (C=O) groups is 1. The van der Waals surface area contributed by atoms with E-state index < -0.39 is 60.0 Å². The van der Waals surface area contributed by atoms with Crippen molar-refractivity contribution in [1.29, 1.82) is 0 Å². The van der Waals surface area contributed by atoms with E-state index in [9.17, 15) is 70.7 Å². The molecule has 0 aliphatic rings. The molecule has 12 N–H and O–H groups in total. The molecule has 0 aliphatic carbocycles. The van der Waals surface area contributed by atoms with Gasteiger partial charge in [0.25, 0.3) is 0 Å². The fourth-order valence-corrected chi connectivity index (χ4v) is 8.48. The Hall–Kier alpha value is -8.64. The van der Waals surface area contributed by atoms with E-state index in [0.717, 1.165) is 58.9 Å². The maximum atomic E-state index is 12.8. The van der Waals surface area contributed by atoms with Crippen molar-refractivity contribution in [2.45, 2.75) is 53.6 Å². The van der Waals surface area contributed by atoms with Crippen molar-refractivity contribution in [3.8, 4) is 53.4 Å². The number of halogens is 19. The fraction of sp³-hybridized carbons (Fsp3) is 0.150. The van der Waals surface area contributed by atoms with E-state index in [2.05, 4.69) is 118 Å². The van der Waals surface area contributed by atoms with Crippen molar-refractivity contribution in [3.63, 3.8) is 0 Å². The topological polar surface area (TPSA) is 386 Å². The van der Waals surface area contributed by atoms with Crippen LogP contribution in [0.2, 0.25) is 15.5 Å². The van der Waals surface area contributed by atoms with Crippen LogP contribution in [0, 0.1) is 29.3 Å². The van der Waals surface area contributed by atoms with Crippen molar-refractivity contribution in [3.05, 3.63) is 211 Å². The number of alkyl halides is 16. The van der Waals surface area contributed by atoms with Gasteiger partial charge >= 0.3 is 82.3 Å². The molecule has 0 spiro atoms. The van der Waals surface area contributed by atoms with Crippen LogP contribution in [0.25, 0.3) is 16.1 Å². The minimum Gasteiger partial charge on any atom is -0.742 e. The van der Waals surface area contributed by atoms with Gasteiger partial charge in [0.2, 0.25) is 29.1 Å². The molecule has 48 heteroatoms. The third kappa shape index (κ3) is 39.5. The Morgan fingerprint density at radius 2 is 0.981 bits per heavy atom. The number of aromatic amines is 1. The van der Waals surface area contributed by atoms with E-state index in [4.69, 9.17) is 85.6 Å². The van der Waals surface area contributed by atoms with Crippen molar-refractivity contribution >= 4 is 133 Å². The Morgan fingerprint density at radius 3 is 1.36 bits per heavy atom. The van der Waals surface area contributed by atoms with Gasteiger partial charge in [-0.25, -0.2) is 49.5 Å². The van der Waals surface area contributed by atoms with Crippen molar-refractivity contribution in [2.75, 3.05) is 34.0 Å². The molecule has 0 saturated heterocycles. The minimum absolute atomic E-state index is 0. The quantitative estimate of drug-likeness (QED) is 0.00598. The number of thioether (sulfide) groups is 2. The molecule has 0 saturated carbocycles. The SMILES string of the molecule is C#CCBr.C#CCSc1cc(N)nc(C(F)(F)F)n1.CC(=O)[S-].FC(F)(F)c1nc(Cl)cc(Cl)n1.N.Nc1cc(=S)nc(C(F)(F)F)[nH]1.Nc1cc(Cl)nc(C(F)(F)F)n1.Nc1cc(SCc2cn(-c3ccc(Oc4ccccc4)cc3)nn2)nc(C(F)(F)F)n1.[K+].[N-]=[N+]=Nc1ccc(Oc2ccccc2)cc1. The van der Waals surface area contributed by atoms with Gasteiger partial charge in [0.05, 0.1) is 28.7 Å². The molecule has 24 nitrogen and oxygen atoms in total. The van der Waals surface area contributed by atoms with Gasteiger partial charge < -0.3 is 61.0 Å². The summed E-state index contributed by atoms with van der Waals surface area (Å²) in [5, 5.41) is 11.2. The van der Waals surface area contributed by atoms with E-state index in [1.165, 1.54) is 19.1 Å². The Kier molecular flexibility index (Phi) is 42.7. The number of azide groups is 1. The average Bonchev–Trinajstić information content (AvgIpc) is 1.09. The molecule has 4 aromatic carbocycles. The van der Waals surface area contributed by atoms with E-state index in [-0.39, 0.29) is 128 Å². The molecule has 10 rings (SSSR count). The summed E-state index contributed by atoms with van der Waals surface area (Å²) in [6, 6.07) is 38.8. The first-order valence-electron chi connectivity index (χ1n) is 27.5. The number of nitrogens with zero attached hydrogens (tertiary/aromatic N) is 15. The van der Waals surface area contributed by atoms with E-state index in [0.29, 0.717) is 28.2 Å².